The molecule has 1 heterocycles. The van der Waals surface area contributed by atoms with E-state index in [4.69, 9.17) is 0 Å². The van der Waals surface area contributed by atoms with Gasteiger partial charge in [-0.3, -0.25) is 0 Å². The third-order valence-electron chi connectivity index (χ3n) is 2.70. The molecule has 0 amide bonds. The van der Waals surface area contributed by atoms with Crippen LogP contribution in [0.5, 0.6) is 0 Å². The fourth-order valence-corrected chi connectivity index (χ4v) is 3.01. The molecule has 0 radical (unpaired) electrons. The Morgan fingerprint density at radius 1 is 1.47 bits per heavy atom. The first-order valence-electron chi connectivity index (χ1n) is 5.56. The number of fused-ring (bicyclic) bond motifs is 1. The van der Waals surface area contributed by atoms with Gasteiger partial charge in [0.25, 0.3) is 0 Å². The largest absolute Gasteiger partial charge is 0.392 e. The highest BCUT2D eigenvalue weighted by molar-refractivity contribution is 7.11. The first kappa shape index (κ1) is 11.0. The van der Waals surface area contributed by atoms with E-state index in [9.17, 15) is 5.11 Å². The van der Waals surface area contributed by atoms with Crippen molar-refractivity contribution in [3.8, 4) is 0 Å². The van der Waals surface area contributed by atoms with Crippen LogP contribution in [0.2, 0.25) is 0 Å². The van der Waals surface area contributed by atoms with Gasteiger partial charge in [-0.15, -0.1) is 11.3 Å². The number of aliphatic hydroxyl groups is 1. The molecule has 2 N–H and O–H groups in total. The molecule has 0 bridgehead atoms. The summed E-state index contributed by atoms with van der Waals surface area (Å²) in [5, 5.41) is 13.6. The summed E-state index contributed by atoms with van der Waals surface area (Å²) in [4.78, 5) is 6.11. The van der Waals surface area contributed by atoms with Crippen molar-refractivity contribution in [1.29, 1.82) is 0 Å². The van der Waals surface area contributed by atoms with Crippen molar-refractivity contribution < 1.29 is 5.11 Å². The van der Waals surface area contributed by atoms with Crippen LogP contribution in [0.25, 0.3) is 0 Å². The smallest absolute Gasteiger partial charge is 0.110 e. The van der Waals surface area contributed by atoms with Crippen LogP contribution in [0.3, 0.4) is 0 Å². The molecular formula is C11H18N2OS. The zero-order valence-electron chi connectivity index (χ0n) is 9.29. The summed E-state index contributed by atoms with van der Waals surface area (Å²) in [6, 6.07) is 0.259. The predicted molar refractivity (Wildman–Crippen MR) is 62.2 cm³/mol. The number of aromatic nitrogens is 1. The third-order valence-corrected chi connectivity index (χ3v) is 4.04. The maximum absolute atomic E-state index is 9.19. The molecule has 1 aromatic heterocycles. The van der Waals surface area contributed by atoms with E-state index in [0.29, 0.717) is 6.54 Å². The van der Waals surface area contributed by atoms with Crippen molar-refractivity contribution >= 4 is 11.3 Å². The Bertz CT molecular complexity index is 314. The molecule has 1 aromatic rings. The van der Waals surface area contributed by atoms with Gasteiger partial charge in [-0.2, -0.15) is 0 Å². The van der Waals surface area contributed by atoms with Gasteiger partial charge in [-0.25, -0.2) is 4.98 Å². The SMILES string of the molecule is CC(NC[C@@H](C)O)c1nc2c(s1)CCC2. The number of nitrogens with zero attached hydrogens (tertiary/aromatic N) is 1. The number of aryl methyl sites for hydroxylation is 2. The van der Waals surface area contributed by atoms with E-state index in [0.717, 1.165) is 6.42 Å². The molecule has 1 aliphatic carbocycles. The number of aliphatic hydroxyl groups excluding tert-OH is 1. The Kier molecular flexibility index (Phi) is 3.38. The number of thiazole rings is 1. The molecule has 1 unspecified atom stereocenters. The summed E-state index contributed by atoms with van der Waals surface area (Å²) in [5.74, 6) is 0. The maximum atomic E-state index is 9.19. The van der Waals surface area contributed by atoms with Crippen LogP contribution in [0.15, 0.2) is 0 Å². The second kappa shape index (κ2) is 4.60. The van der Waals surface area contributed by atoms with Gasteiger partial charge in [0.05, 0.1) is 17.8 Å². The van der Waals surface area contributed by atoms with Gasteiger partial charge in [-0.05, 0) is 33.1 Å². The molecule has 4 heteroatoms. The van der Waals surface area contributed by atoms with Crippen LogP contribution in [0.1, 0.15) is 41.9 Å². The summed E-state index contributed by atoms with van der Waals surface area (Å²) in [5.41, 5.74) is 1.31. The molecular weight excluding hydrogens is 208 g/mol. The van der Waals surface area contributed by atoms with Crippen LogP contribution in [0, 0.1) is 0 Å². The third kappa shape index (κ3) is 2.56. The standard InChI is InChI=1S/C11H18N2OS/c1-7(14)6-12-8(2)11-13-9-4-3-5-10(9)15-11/h7-8,12,14H,3-6H2,1-2H3/t7-,8?/m1/s1. The van der Waals surface area contributed by atoms with Gasteiger partial charge in [0, 0.05) is 11.4 Å². The second-order valence-corrected chi connectivity index (χ2v) is 5.37. The van der Waals surface area contributed by atoms with Crippen LogP contribution in [0.4, 0.5) is 0 Å². The van der Waals surface area contributed by atoms with Gasteiger partial charge in [0.15, 0.2) is 0 Å². The molecule has 0 aromatic carbocycles. The fourth-order valence-electron chi connectivity index (χ4n) is 1.83. The zero-order valence-corrected chi connectivity index (χ0v) is 10.1. The summed E-state index contributed by atoms with van der Waals surface area (Å²) in [6.07, 6.45) is 3.33. The van der Waals surface area contributed by atoms with Crippen molar-refractivity contribution in [3.63, 3.8) is 0 Å². The van der Waals surface area contributed by atoms with E-state index in [1.807, 2.05) is 11.3 Å². The van der Waals surface area contributed by atoms with E-state index in [1.165, 1.54) is 28.4 Å². The molecule has 0 saturated heterocycles. The highest BCUT2D eigenvalue weighted by Crippen LogP contribution is 2.30. The Morgan fingerprint density at radius 2 is 2.27 bits per heavy atom. The van der Waals surface area contributed by atoms with Crippen LogP contribution < -0.4 is 5.32 Å². The van der Waals surface area contributed by atoms with Crippen molar-refractivity contribution in [2.24, 2.45) is 0 Å². The molecule has 0 spiro atoms. The summed E-state index contributed by atoms with van der Waals surface area (Å²) in [7, 11) is 0. The highest BCUT2D eigenvalue weighted by atomic mass is 32.1. The van der Waals surface area contributed by atoms with E-state index >= 15 is 0 Å². The molecule has 1 aliphatic rings. The highest BCUT2D eigenvalue weighted by Gasteiger charge is 2.19. The topological polar surface area (TPSA) is 45.1 Å². The van der Waals surface area contributed by atoms with E-state index in [1.54, 1.807) is 6.92 Å². The Hall–Kier alpha value is -0.450. The molecule has 15 heavy (non-hydrogen) atoms. The first-order valence-corrected chi connectivity index (χ1v) is 6.38. The summed E-state index contributed by atoms with van der Waals surface area (Å²) < 4.78 is 0. The number of nitrogens with one attached hydrogen (secondary N) is 1. The molecule has 2 atom stereocenters. The Morgan fingerprint density at radius 3 is 2.93 bits per heavy atom. The second-order valence-electron chi connectivity index (χ2n) is 4.25. The number of hydrogen-bond acceptors (Lipinski definition) is 4. The molecule has 0 aliphatic heterocycles. The normalized spacial score (nSPS) is 18.9. The maximum Gasteiger partial charge on any atom is 0.110 e. The van der Waals surface area contributed by atoms with Gasteiger partial charge in [0.1, 0.15) is 5.01 Å². The van der Waals surface area contributed by atoms with Crippen molar-refractivity contribution in [3.05, 3.63) is 15.6 Å². The minimum atomic E-state index is -0.292. The first-order chi connectivity index (χ1) is 7.16. The van der Waals surface area contributed by atoms with Gasteiger partial charge >= 0.3 is 0 Å². The monoisotopic (exact) mass is 226 g/mol. The Balaban J connectivity index is 1.97. The fraction of sp³-hybridized carbons (Fsp3) is 0.727. The van der Waals surface area contributed by atoms with Gasteiger partial charge in [-0.1, -0.05) is 0 Å². The van der Waals surface area contributed by atoms with Crippen molar-refractivity contribution in [1.82, 2.24) is 10.3 Å². The lowest BCUT2D eigenvalue weighted by Crippen LogP contribution is -2.27. The lowest BCUT2D eigenvalue weighted by atomic mass is 10.3. The lowest BCUT2D eigenvalue weighted by molar-refractivity contribution is 0.187. The quantitative estimate of drug-likeness (QED) is 0.821. The number of hydrogen-bond donors (Lipinski definition) is 2. The van der Waals surface area contributed by atoms with Crippen LogP contribution in [-0.2, 0) is 12.8 Å². The molecule has 0 fully saturated rings. The van der Waals surface area contributed by atoms with Crippen LogP contribution >= 0.6 is 11.3 Å². The molecule has 84 valence electrons. The van der Waals surface area contributed by atoms with E-state index in [2.05, 4.69) is 17.2 Å². The van der Waals surface area contributed by atoms with Crippen LogP contribution in [-0.4, -0.2) is 22.7 Å². The molecule has 2 rings (SSSR count). The minimum Gasteiger partial charge on any atom is -0.392 e. The zero-order chi connectivity index (χ0) is 10.8. The number of rotatable bonds is 4. The average Bonchev–Trinajstić information content (AvgIpc) is 2.72. The van der Waals surface area contributed by atoms with Crippen molar-refractivity contribution in [2.75, 3.05) is 6.54 Å². The average molecular weight is 226 g/mol. The molecule has 3 nitrogen and oxygen atoms in total. The predicted octanol–water partition coefficient (Wildman–Crippen LogP) is 1.66. The minimum absolute atomic E-state index is 0.259. The van der Waals surface area contributed by atoms with E-state index in [-0.39, 0.29) is 12.1 Å². The lowest BCUT2D eigenvalue weighted by Gasteiger charge is -2.12. The summed E-state index contributed by atoms with van der Waals surface area (Å²) in [6.45, 7) is 4.53. The Labute approximate surface area is 94.5 Å². The van der Waals surface area contributed by atoms with Gasteiger partial charge < -0.3 is 10.4 Å². The van der Waals surface area contributed by atoms with Crippen molar-refractivity contribution in [2.45, 2.75) is 45.3 Å². The van der Waals surface area contributed by atoms with Gasteiger partial charge in [0.2, 0.25) is 0 Å². The summed E-state index contributed by atoms with van der Waals surface area (Å²) >= 11 is 1.83. The molecule has 0 saturated carbocycles. The van der Waals surface area contributed by atoms with E-state index < -0.39 is 0 Å².